The Morgan fingerprint density at radius 1 is 1.46 bits per heavy atom. The monoisotopic (exact) mass is 196 g/mol. The molecular formula is C8H5ClN2O2. The summed E-state index contributed by atoms with van der Waals surface area (Å²) in [6, 6.07) is 4.76. The molecule has 0 radical (unpaired) electrons. The third kappa shape index (κ3) is 1.25. The van der Waals surface area contributed by atoms with Gasteiger partial charge in [-0.3, -0.25) is 10.1 Å². The zero-order chi connectivity index (χ0) is 9.42. The van der Waals surface area contributed by atoms with Gasteiger partial charge >= 0.3 is 0 Å². The van der Waals surface area contributed by atoms with Gasteiger partial charge in [-0.15, -0.1) is 0 Å². The minimum atomic E-state index is -0.454. The van der Waals surface area contributed by atoms with E-state index in [4.69, 9.17) is 11.6 Å². The van der Waals surface area contributed by atoms with E-state index in [0.29, 0.717) is 10.5 Å². The fourth-order valence-electron chi connectivity index (χ4n) is 1.26. The Bertz CT molecular complexity index is 478. The molecule has 5 heteroatoms. The summed E-state index contributed by atoms with van der Waals surface area (Å²) in [6.07, 6.45) is 1.65. The van der Waals surface area contributed by atoms with E-state index in [0.717, 1.165) is 5.39 Å². The molecule has 1 aromatic heterocycles. The van der Waals surface area contributed by atoms with Gasteiger partial charge in [-0.1, -0.05) is 11.6 Å². The van der Waals surface area contributed by atoms with E-state index in [2.05, 4.69) is 4.98 Å². The molecule has 0 saturated carbocycles. The second kappa shape index (κ2) is 2.74. The number of nitrogens with zero attached hydrogens (tertiary/aromatic N) is 1. The Balaban J connectivity index is 2.84. The molecule has 1 N–H and O–H groups in total. The van der Waals surface area contributed by atoms with Crippen LogP contribution >= 0.6 is 11.6 Å². The van der Waals surface area contributed by atoms with Crippen LogP contribution in [0.5, 0.6) is 0 Å². The van der Waals surface area contributed by atoms with E-state index in [1.807, 2.05) is 0 Å². The summed E-state index contributed by atoms with van der Waals surface area (Å²) in [4.78, 5) is 12.9. The number of H-pyrrole nitrogens is 1. The minimum absolute atomic E-state index is 0.00694. The first-order valence-electron chi connectivity index (χ1n) is 3.59. The molecule has 2 aromatic rings. The van der Waals surface area contributed by atoms with Gasteiger partial charge in [-0.05, 0) is 12.1 Å². The smallest absolute Gasteiger partial charge is 0.294 e. The third-order valence-corrected chi connectivity index (χ3v) is 2.02. The molecule has 4 nitrogen and oxygen atoms in total. The molecule has 0 bridgehead atoms. The summed E-state index contributed by atoms with van der Waals surface area (Å²) in [7, 11) is 0. The van der Waals surface area contributed by atoms with Crippen LogP contribution in [0.25, 0.3) is 10.9 Å². The van der Waals surface area contributed by atoms with Crippen LogP contribution in [0.2, 0.25) is 5.02 Å². The van der Waals surface area contributed by atoms with Crippen LogP contribution < -0.4 is 0 Å². The average molecular weight is 197 g/mol. The summed E-state index contributed by atoms with van der Waals surface area (Å²) < 4.78 is 0. The van der Waals surface area contributed by atoms with Gasteiger partial charge in [0.15, 0.2) is 0 Å². The molecule has 0 fully saturated rings. The molecule has 13 heavy (non-hydrogen) atoms. The predicted molar refractivity (Wildman–Crippen MR) is 50.0 cm³/mol. The van der Waals surface area contributed by atoms with Crippen LogP contribution in [-0.4, -0.2) is 9.91 Å². The molecule has 0 aliphatic carbocycles. The number of benzene rings is 1. The molecule has 0 unspecified atom stereocenters. The normalized spacial score (nSPS) is 10.5. The standard InChI is InChI=1S/C8H5ClN2O2/c9-6-3-5-1-2-10-8(5)7(4-6)11(12)13/h1-4,10H. The van der Waals surface area contributed by atoms with Crippen molar-refractivity contribution in [1.29, 1.82) is 0 Å². The number of rotatable bonds is 1. The number of fused-ring (bicyclic) bond motifs is 1. The first-order chi connectivity index (χ1) is 6.18. The molecule has 0 aliphatic rings. The van der Waals surface area contributed by atoms with Gasteiger partial charge in [0.2, 0.25) is 0 Å². The number of hydrogen-bond acceptors (Lipinski definition) is 2. The number of hydrogen-bond donors (Lipinski definition) is 1. The molecule has 0 aliphatic heterocycles. The van der Waals surface area contributed by atoms with Crippen LogP contribution in [0.3, 0.4) is 0 Å². The van der Waals surface area contributed by atoms with E-state index in [1.165, 1.54) is 6.07 Å². The Morgan fingerprint density at radius 2 is 2.23 bits per heavy atom. The first-order valence-corrected chi connectivity index (χ1v) is 3.97. The fraction of sp³-hybridized carbons (Fsp3) is 0. The SMILES string of the molecule is O=[N+]([O-])c1cc(Cl)cc2cc[nH]c12. The molecule has 0 spiro atoms. The van der Waals surface area contributed by atoms with Crippen molar-refractivity contribution in [2.24, 2.45) is 0 Å². The van der Waals surface area contributed by atoms with E-state index in [1.54, 1.807) is 18.3 Å². The second-order valence-electron chi connectivity index (χ2n) is 2.62. The summed E-state index contributed by atoms with van der Waals surface area (Å²) in [6.45, 7) is 0. The molecule has 0 saturated heterocycles. The van der Waals surface area contributed by atoms with Crippen molar-refractivity contribution in [2.75, 3.05) is 0 Å². The Morgan fingerprint density at radius 3 is 2.92 bits per heavy atom. The van der Waals surface area contributed by atoms with E-state index < -0.39 is 4.92 Å². The zero-order valence-corrected chi connectivity index (χ0v) is 7.21. The Labute approximate surface area is 78.3 Å². The van der Waals surface area contributed by atoms with Crippen molar-refractivity contribution in [3.8, 4) is 0 Å². The van der Waals surface area contributed by atoms with Crippen LogP contribution in [0.4, 0.5) is 5.69 Å². The summed E-state index contributed by atoms with van der Waals surface area (Å²) in [5, 5.41) is 11.7. The van der Waals surface area contributed by atoms with E-state index in [9.17, 15) is 10.1 Å². The molecule has 2 rings (SSSR count). The number of aromatic nitrogens is 1. The molecule has 1 aromatic carbocycles. The maximum absolute atomic E-state index is 10.6. The van der Waals surface area contributed by atoms with Crippen molar-refractivity contribution in [3.05, 3.63) is 39.5 Å². The third-order valence-electron chi connectivity index (χ3n) is 1.80. The highest BCUT2D eigenvalue weighted by Gasteiger charge is 2.13. The van der Waals surface area contributed by atoms with Crippen molar-refractivity contribution in [1.82, 2.24) is 4.98 Å². The highest BCUT2D eigenvalue weighted by Crippen LogP contribution is 2.28. The van der Waals surface area contributed by atoms with E-state index >= 15 is 0 Å². The van der Waals surface area contributed by atoms with Crippen LogP contribution in [0.1, 0.15) is 0 Å². The minimum Gasteiger partial charge on any atom is -0.356 e. The number of halogens is 1. The van der Waals surface area contributed by atoms with Crippen molar-refractivity contribution in [2.45, 2.75) is 0 Å². The summed E-state index contributed by atoms with van der Waals surface area (Å²) in [5.41, 5.74) is 0.516. The zero-order valence-electron chi connectivity index (χ0n) is 6.45. The van der Waals surface area contributed by atoms with Gasteiger partial charge in [0.05, 0.1) is 4.92 Å². The van der Waals surface area contributed by atoms with E-state index in [-0.39, 0.29) is 5.69 Å². The lowest BCUT2D eigenvalue weighted by Gasteiger charge is -1.94. The lowest BCUT2D eigenvalue weighted by Crippen LogP contribution is -1.88. The maximum atomic E-state index is 10.6. The highest BCUT2D eigenvalue weighted by molar-refractivity contribution is 6.31. The summed E-state index contributed by atoms with van der Waals surface area (Å²) in [5.74, 6) is 0. The van der Waals surface area contributed by atoms with Crippen LogP contribution in [0, 0.1) is 10.1 Å². The van der Waals surface area contributed by atoms with Crippen LogP contribution in [-0.2, 0) is 0 Å². The lowest BCUT2D eigenvalue weighted by atomic mass is 10.2. The Hall–Kier alpha value is -1.55. The van der Waals surface area contributed by atoms with Gasteiger partial charge in [-0.25, -0.2) is 0 Å². The number of aromatic amines is 1. The van der Waals surface area contributed by atoms with Gasteiger partial charge in [0, 0.05) is 22.7 Å². The summed E-state index contributed by atoms with van der Waals surface area (Å²) >= 11 is 5.71. The van der Waals surface area contributed by atoms with Crippen LogP contribution in [0.15, 0.2) is 24.4 Å². The lowest BCUT2D eigenvalue weighted by molar-refractivity contribution is -0.383. The number of nitrogens with one attached hydrogen (secondary N) is 1. The van der Waals surface area contributed by atoms with Gasteiger partial charge in [-0.2, -0.15) is 0 Å². The maximum Gasteiger partial charge on any atom is 0.294 e. The van der Waals surface area contributed by atoms with Gasteiger partial charge < -0.3 is 4.98 Å². The van der Waals surface area contributed by atoms with Gasteiger partial charge in [0.25, 0.3) is 5.69 Å². The average Bonchev–Trinajstić information content (AvgIpc) is 2.49. The molecule has 1 heterocycles. The largest absolute Gasteiger partial charge is 0.356 e. The quantitative estimate of drug-likeness (QED) is 0.563. The number of nitro groups is 1. The number of nitro benzene ring substituents is 1. The molecular weight excluding hydrogens is 192 g/mol. The number of non-ortho nitro benzene ring substituents is 1. The highest BCUT2D eigenvalue weighted by atomic mass is 35.5. The topological polar surface area (TPSA) is 58.9 Å². The first kappa shape index (κ1) is 8.07. The second-order valence-corrected chi connectivity index (χ2v) is 3.06. The van der Waals surface area contributed by atoms with Gasteiger partial charge in [0.1, 0.15) is 5.52 Å². The van der Waals surface area contributed by atoms with Crippen molar-refractivity contribution >= 4 is 28.2 Å². The molecule has 0 amide bonds. The predicted octanol–water partition coefficient (Wildman–Crippen LogP) is 2.73. The Kier molecular flexibility index (Phi) is 1.70. The molecule has 66 valence electrons. The van der Waals surface area contributed by atoms with Crippen molar-refractivity contribution < 1.29 is 4.92 Å². The fourth-order valence-corrected chi connectivity index (χ4v) is 1.48. The molecule has 0 atom stereocenters. The van der Waals surface area contributed by atoms with Crippen molar-refractivity contribution in [3.63, 3.8) is 0 Å².